The molecule has 0 aromatic heterocycles. The first-order chi connectivity index (χ1) is 13.6. The van der Waals surface area contributed by atoms with Gasteiger partial charge < -0.3 is 9.64 Å². The van der Waals surface area contributed by atoms with Gasteiger partial charge in [0, 0.05) is 36.5 Å². The highest BCUT2D eigenvalue weighted by atomic mass is 32.2. The smallest absolute Gasteiger partial charge is 0.257 e. The molecular weight excluding hydrogens is 375 g/mol. The van der Waals surface area contributed by atoms with Crippen LogP contribution in [0.4, 0.5) is 4.39 Å². The molecule has 1 amide bonds. The van der Waals surface area contributed by atoms with E-state index in [1.165, 1.54) is 18.9 Å². The summed E-state index contributed by atoms with van der Waals surface area (Å²) in [4.78, 5) is 17.4. The minimum Gasteiger partial charge on any atom is -0.492 e. The van der Waals surface area contributed by atoms with E-state index in [1.54, 1.807) is 23.9 Å². The van der Waals surface area contributed by atoms with E-state index in [2.05, 4.69) is 23.3 Å². The van der Waals surface area contributed by atoms with Crippen molar-refractivity contribution in [3.63, 3.8) is 0 Å². The summed E-state index contributed by atoms with van der Waals surface area (Å²) in [6, 6.07) is 5.43. The molecule has 28 heavy (non-hydrogen) atoms. The largest absolute Gasteiger partial charge is 0.492 e. The SMILES string of the molecule is CC1CCCN1CC1CCCN1C(=O)c1ccc(OCC2CC=CS2)cc1F. The number of ether oxygens (including phenoxy) is 1. The average Bonchev–Trinajstić information content (AvgIpc) is 3.43. The predicted octanol–water partition coefficient (Wildman–Crippen LogP) is 4.31. The summed E-state index contributed by atoms with van der Waals surface area (Å²) in [6.45, 7) is 5.53. The van der Waals surface area contributed by atoms with Gasteiger partial charge >= 0.3 is 0 Å². The Hall–Kier alpha value is -1.53. The van der Waals surface area contributed by atoms with E-state index in [0.29, 0.717) is 23.6 Å². The monoisotopic (exact) mass is 404 g/mol. The van der Waals surface area contributed by atoms with Gasteiger partial charge in [0.15, 0.2) is 0 Å². The molecule has 152 valence electrons. The summed E-state index contributed by atoms with van der Waals surface area (Å²) in [5.41, 5.74) is 0.158. The molecule has 1 aromatic carbocycles. The number of halogens is 1. The Morgan fingerprint density at radius 3 is 2.86 bits per heavy atom. The van der Waals surface area contributed by atoms with Gasteiger partial charge in [-0.3, -0.25) is 9.69 Å². The van der Waals surface area contributed by atoms with Crippen molar-refractivity contribution in [3.05, 3.63) is 41.1 Å². The summed E-state index contributed by atoms with van der Waals surface area (Å²) in [5, 5.41) is 2.47. The maximum atomic E-state index is 14.7. The van der Waals surface area contributed by atoms with Gasteiger partial charge in [-0.05, 0) is 63.1 Å². The van der Waals surface area contributed by atoms with Crippen molar-refractivity contribution in [2.24, 2.45) is 0 Å². The Kier molecular flexibility index (Phi) is 6.26. The van der Waals surface area contributed by atoms with Crippen molar-refractivity contribution in [1.82, 2.24) is 9.80 Å². The first-order valence-electron chi connectivity index (χ1n) is 10.4. The minimum absolute atomic E-state index is 0.158. The third kappa shape index (κ3) is 4.38. The van der Waals surface area contributed by atoms with E-state index < -0.39 is 5.82 Å². The molecule has 0 spiro atoms. The van der Waals surface area contributed by atoms with Crippen LogP contribution in [0.3, 0.4) is 0 Å². The molecule has 3 unspecified atom stereocenters. The van der Waals surface area contributed by atoms with Gasteiger partial charge in [-0.2, -0.15) is 0 Å². The van der Waals surface area contributed by atoms with Crippen LogP contribution in [0.25, 0.3) is 0 Å². The lowest BCUT2D eigenvalue weighted by atomic mass is 10.1. The molecule has 0 N–H and O–H groups in total. The van der Waals surface area contributed by atoms with E-state index in [9.17, 15) is 9.18 Å². The topological polar surface area (TPSA) is 32.8 Å². The zero-order valence-corrected chi connectivity index (χ0v) is 17.3. The Bertz CT molecular complexity index is 733. The van der Waals surface area contributed by atoms with Crippen molar-refractivity contribution in [2.45, 2.75) is 56.4 Å². The van der Waals surface area contributed by atoms with E-state index in [4.69, 9.17) is 4.74 Å². The summed E-state index contributed by atoms with van der Waals surface area (Å²) >= 11 is 1.74. The fourth-order valence-corrected chi connectivity index (χ4v) is 5.28. The van der Waals surface area contributed by atoms with E-state index in [-0.39, 0.29) is 17.5 Å². The number of allylic oxidation sites excluding steroid dienone is 1. The molecule has 0 radical (unpaired) electrons. The van der Waals surface area contributed by atoms with Gasteiger partial charge in [-0.25, -0.2) is 4.39 Å². The number of benzene rings is 1. The van der Waals surface area contributed by atoms with Crippen molar-refractivity contribution >= 4 is 17.7 Å². The molecule has 2 saturated heterocycles. The Labute approximate surface area is 171 Å². The molecule has 3 aliphatic rings. The van der Waals surface area contributed by atoms with Crippen molar-refractivity contribution in [3.8, 4) is 5.75 Å². The maximum absolute atomic E-state index is 14.7. The molecule has 4 nitrogen and oxygen atoms in total. The van der Waals surface area contributed by atoms with Crippen LogP contribution >= 0.6 is 11.8 Å². The third-order valence-electron chi connectivity index (χ3n) is 6.15. The van der Waals surface area contributed by atoms with Crippen LogP contribution < -0.4 is 4.74 Å². The van der Waals surface area contributed by atoms with Gasteiger partial charge in [0.05, 0.1) is 5.56 Å². The Morgan fingerprint density at radius 2 is 2.14 bits per heavy atom. The molecular formula is C22H29FN2O2S. The van der Waals surface area contributed by atoms with Gasteiger partial charge in [-0.15, -0.1) is 11.8 Å². The number of rotatable bonds is 6. The number of hydrogen-bond acceptors (Lipinski definition) is 4. The van der Waals surface area contributed by atoms with E-state index in [0.717, 1.165) is 38.9 Å². The van der Waals surface area contributed by atoms with Crippen LogP contribution in [0.15, 0.2) is 29.7 Å². The van der Waals surface area contributed by atoms with Crippen LogP contribution in [0.1, 0.15) is 49.4 Å². The average molecular weight is 405 g/mol. The zero-order valence-electron chi connectivity index (χ0n) is 16.5. The number of nitrogens with zero attached hydrogens (tertiary/aromatic N) is 2. The highest BCUT2D eigenvalue weighted by molar-refractivity contribution is 8.03. The number of thioether (sulfide) groups is 1. The molecule has 3 heterocycles. The predicted molar refractivity (Wildman–Crippen MR) is 111 cm³/mol. The molecule has 3 atom stereocenters. The molecule has 0 aliphatic carbocycles. The van der Waals surface area contributed by atoms with Crippen molar-refractivity contribution in [1.29, 1.82) is 0 Å². The molecule has 6 heteroatoms. The molecule has 0 bridgehead atoms. The number of amides is 1. The van der Waals surface area contributed by atoms with Crippen molar-refractivity contribution in [2.75, 3.05) is 26.2 Å². The third-order valence-corrected chi connectivity index (χ3v) is 7.21. The lowest BCUT2D eigenvalue weighted by Gasteiger charge is -2.31. The van der Waals surface area contributed by atoms with Crippen LogP contribution in [0, 0.1) is 5.82 Å². The second-order valence-electron chi connectivity index (χ2n) is 8.10. The van der Waals surface area contributed by atoms with Crippen LogP contribution in [-0.4, -0.2) is 59.3 Å². The zero-order chi connectivity index (χ0) is 19.5. The second-order valence-corrected chi connectivity index (χ2v) is 9.31. The van der Waals surface area contributed by atoms with Gasteiger partial charge in [0.25, 0.3) is 5.91 Å². The van der Waals surface area contributed by atoms with Crippen LogP contribution in [-0.2, 0) is 0 Å². The molecule has 4 rings (SSSR count). The van der Waals surface area contributed by atoms with Crippen LogP contribution in [0.5, 0.6) is 5.75 Å². The normalized spacial score (nSPS) is 27.6. The Morgan fingerprint density at radius 1 is 1.29 bits per heavy atom. The molecule has 0 saturated carbocycles. The maximum Gasteiger partial charge on any atom is 0.257 e. The van der Waals surface area contributed by atoms with Crippen LogP contribution in [0.2, 0.25) is 0 Å². The summed E-state index contributed by atoms with van der Waals surface area (Å²) < 4.78 is 20.4. The lowest BCUT2D eigenvalue weighted by Crippen LogP contribution is -2.44. The highest BCUT2D eigenvalue weighted by Crippen LogP contribution is 2.28. The summed E-state index contributed by atoms with van der Waals surface area (Å²) in [6.07, 6.45) is 7.56. The molecule has 1 aromatic rings. The second kappa shape index (κ2) is 8.87. The minimum atomic E-state index is -0.486. The highest BCUT2D eigenvalue weighted by Gasteiger charge is 2.33. The fourth-order valence-electron chi connectivity index (χ4n) is 4.47. The number of carbonyl (C=O) groups excluding carboxylic acids is 1. The number of carbonyl (C=O) groups is 1. The molecule has 3 aliphatic heterocycles. The van der Waals surface area contributed by atoms with E-state index in [1.807, 2.05) is 4.90 Å². The summed E-state index contributed by atoms with van der Waals surface area (Å²) in [5.74, 6) is -0.181. The van der Waals surface area contributed by atoms with Gasteiger partial charge in [0.1, 0.15) is 18.2 Å². The summed E-state index contributed by atoms with van der Waals surface area (Å²) in [7, 11) is 0. The standard InChI is InChI=1S/C22H29FN2O2S/c1-16-5-2-10-24(16)14-17-6-3-11-25(17)22(26)20-9-8-18(13-21(20)23)27-15-19-7-4-12-28-19/h4,8-9,12-13,16-17,19H,2-3,5-7,10-11,14-15H2,1H3. The van der Waals surface area contributed by atoms with Gasteiger partial charge in [0.2, 0.25) is 0 Å². The number of likely N-dealkylation sites (tertiary alicyclic amines) is 2. The van der Waals surface area contributed by atoms with Gasteiger partial charge in [-0.1, -0.05) is 6.08 Å². The number of hydrogen-bond donors (Lipinski definition) is 0. The first kappa shape index (κ1) is 19.8. The Balaban J connectivity index is 1.38. The fraction of sp³-hybridized carbons (Fsp3) is 0.591. The first-order valence-corrected chi connectivity index (χ1v) is 11.3. The lowest BCUT2D eigenvalue weighted by molar-refractivity contribution is 0.0692. The quantitative estimate of drug-likeness (QED) is 0.707. The molecule has 2 fully saturated rings. The van der Waals surface area contributed by atoms with E-state index >= 15 is 0 Å². The van der Waals surface area contributed by atoms with Crippen molar-refractivity contribution < 1.29 is 13.9 Å².